The first-order valence-electron chi connectivity index (χ1n) is 10.9. The zero-order chi connectivity index (χ0) is 24.9. The van der Waals surface area contributed by atoms with E-state index in [0.717, 1.165) is 21.9 Å². The van der Waals surface area contributed by atoms with Gasteiger partial charge in [-0.15, -0.1) is 0 Å². The van der Waals surface area contributed by atoms with Gasteiger partial charge >= 0.3 is 5.97 Å². The molecular formula is C24H23N5O5S. The van der Waals surface area contributed by atoms with Crippen LogP contribution < -0.4 is 4.74 Å². The van der Waals surface area contributed by atoms with Crippen LogP contribution >= 0.6 is 0 Å². The van der Waals surface area contributed by atoms with Crippen LogP contribution in [0, 0.1) is 18.3 Å². The van der Waals surface area contributed by atoms with Gasteiger partial charge in [-0.1, -0.05) is 0 Å². The second-order valence-corrected chi connectivity index (χ2v) is 10.8. The highest BCUT2D eigenvalue weighted by atomic mass is 32.2. The van der Waals surface area contributed by atoms with Crippen LogP contribution in [0.25, 0.3) is 21.8 Å². The minimum absolute atomic E-state index is 0.0589. The highest BCUT2D eigenvalue weighted by Gasteiger charge is 2.31. The van der Waals surface area contributed by atoms with E-state index in [4.69, 9.17) is 9.84 Å². The van der Waals surface area contributed by atoms with Crippen molar-refractivity contribution in [2.24, 2.45) is 0 Å². The van der Waals surface area contributed by atoms with Gasteiger partial charge in [-0.25, -0.2) is 8.42 Å². The first kappa shape index (κ1) is 22.9. The summed E-state index contributed by atoms with van der Waals surface area (Å²) in [6.45, 7) is 2.91. The van der Waals surface area contributed by atoms with Crippen LogP contribution in [-0.4, -0.2) is 71.2 Å². The summed E-state index contributed by atoms with van der Waals surface area (Å²) in [5.74, 6) is -0.550. The number of rotatable bonds is 7. The number of aromatic nitrogens is 3. The number of nitrogens with one attached hydrogen (secondary N) is 1. The van der Waals surface area contributed by atoms with Gasteiger partial charge in [0.05, 0.1) is 23.5 Å². The molecule has 180 valence electrons. The van der Waals surface area contributed by atoms with Crippen molar-refractivity contribution in [2.75, 3.05) is 25.9 Å². The van der Waals surface area contributed by atoms with E-state index >= 15 is 0 Å². The fourth-order valence-electron chi connectivity index (χ4n) is 4.58. The number of carboxylic acids is 1. The Kier molecular flexibility index (Phi) is 5.50. The number of carboxylic acid groups (broad SMARTS) is 1. The molecule has 5 rings (SSSR count). The maximum atomic E-state index is 12.6. The molecule has 0 saturated carbocycles. The van der Waals surface area contributed by atoms with E-state index in [1.165, 1.54) is 6.26 Å². The van der Waals surface area contributed by atoms with E-state index in [9.17, 15) is 18.5 Å². The van der Waals surface area contributed by atoms with E-state index in [1.54, 1.807) is 40.2 Å². The largest absolute Gasteiger partial charge is 0.484 e. The highest BCUT2D eigenvalue weighted by molar-refractivity contribution is 7.90. The number of hydrogen-bond acceptors (Lipinski definition) is 7. The molecule has 0 bridgehead atoms. The predicted molar refractivity (Wildman–Crippen MR) is 128 cm³/mol. The minimum Gasteiger partial charge on any atom is -0.484 e. The number of H-pyrrole nitrogens is 1. The van der Waals surface area contributed by atoms with Crippen LogP contribution in [0.15, 0.2) is 41.6 Å². The number of aromatic amines is 1. The summed E-state index contributed by atoms with van der Waals surface area (Å²) in [6, 6.07) is 9.11. The van der Waals surface area contributed by atoms with E-state index < -0.39 is 15.8 Å². The van der Waals surface area contributed by atoms with Crippen molar-refractivity contribution in [2.45, 2.75) is 24.5 Å². The summed E-state index contributed by atoms with van der Waals surface area (Å²) in [5, 5.41) is 24.8. The Bertz CT molecular complexity index is 1620. The van der Waals surface area contributed by atoms with Crippen molar-refractivity contribution < 1.29 is 23.1 Å². The predicted octanol–water partition coefficient (Wildman–Crippen LogP) is 2.30. The number of likely N-dealkylation sites (tertiary alicyclic amines) is 1. The van der Waals surface area contributed by atoms with Gasteiger partial charge in [0.15, 0.2) is 15.6 Å². The van der Waals surface area contributed by atoms with Gasteiger partial charge < -0.3 is 14.8 Å². The van der Waals surface area contributed by atoms with Crippen LogP contribution in [0.1, 0.15) is 16.7 Å². The second kappa shape index (κ2) is 8.41. The lowest BCUT2D eigenvalue weighted by molar-refractivity contribution is -0.140. The molecular weight excluding hydrogens is 470 g/mol. The van der Waals surface area contributed by atoms with Crippen LogP contribution in [-0.2, 0) is 21.2 Å². The summed E-state index contributed by atoms with van der Waals surface area (Å²) in [4.78, 5) is 16.1. The number of carbonyl (C=O) groups is 1. The maximum absolute atomic E-state index is 12.6. The summed E-state index contributed by atoms with van der Waals surface area (Å²) >= 11 is 0. The standard InChI is InChI=1S/C24H23N5O5S/c1-14-7-20(35(2,32)33)19(18-5-6-26-22(14)18)12-29-9-16-4-3-15(8-25)24(23(16)27-29)34-17-10-28(11-17)13-21(30)31/h3-7,9,17,26H,10-13H2,1-2H3,(H,30,31). The fraction of sp³-hybridized carbons (Fsp3) is 0.292. The molecule has 0 aliphatic carbocycles. The first-order valence-corrected chi connectivity index (χ1v) is 12.8. The Labute approximate surface area is 201 Å². The Hall–Kier alpha value is -3.88. The molecule has 1 saturated heterocycles. The lowest BCUT2D eigenvalue weighted by Gasteiger charge is -2.37. The number of fused-ring (bicyclic) bond motifs is 2. The van der Waals surface area contributed by atoms with Gasteiger partial charge in [-0.05, 0) is 36.8 Å². The van der Waals surface area contributed by atoms with Crippen molar-refractivity contribution in [3.8, 4) is 11.8 Å². The lowest BCUT2D eigenvalue weighted by Crippen LogP contribution is -2.55. The summed E-state index contributed by atoms with van der Waals surface area (Å²) in [6.07, 6.45) is 4.53. The Morgan fingerprint density at radius 1 is 1.34 bits per heavy atom. The van der Waals surface area contributed by atoms with Crippen molar-refractivity contribution in [1.82, 2.24) is 19.7 Å². The molecule has 2 aromatic heterocycles. The number of aliphatic carboxylic acids is 1. The number of aryl methyl sites for hydroxylation is 1. The van der Waals surface area contributed by atoms with E-state index in [0.29, 0.717) is 35.5 Å². The molecule has 1 fully saturated rings. The smallest absolute Gasteiger partial charge is 0.317 e. The Balaban J connectivity index is 1.52. The number of hydrogen-bond donors (Lipinski definition) is 2. The minimum atomic E-state index is -3.49. The van der Waals surface area contributed by atoms with Gasteiger partial charge in [-0.3, -0.25) is 14.4 Å². The average Bonchev–Trinajstić information content (AvgIpc) is 3.40. The number of nitrogens with zero attached hydrogens (tertiary/aromatic N) is 4. The third kappa shape index (κ3) is 4.22. The fourth-order valence-corrected chi connectivity index (χ4v) is 5.59. The number of benzene rings is 2. The summed E-state index contributed by atoms with van der Waals surface area (Å²) < 4.78 is 32.9. The lowest BCUT2D eigenvalue weighted by atomic mass is 10.1. The Morgan fingerprint density at radius 2 is 2.11 bits per heavy atom. The SMILES string of the molecule is Cc1cc(S(C)(=O)=O)c(Cn2cc3ccc(C#N)c(OC4CN(CC(=O)O)C4)c3n2)c2cc[nH]c12. The number of nitriles is 1. The van der Waals surface area contributed by atoms with Crippen molar-refractivity contribution in [3.05, 3.63) is 53.3 Å². The molecule has 3 heterocycles. The van der Waals surface area contributed by atoms with Gasteiger partial charge in [-0.2, -0.15) is 10.4 Å². The van der Waals surface area contributed by atoms with Crippen LogP contribution in [0.3, 0.4) is 0 Å². The highest BCUT2D eigenvalue weighted by Crippen LogP contribution is 2.33. The molecule has 1 aliphatic rings. The molecule has 0 spiro atoms. The molecule has 1 aliphatic heterocycles. The monoisotopic (exact) mass is 493 g/mol. The molecule has 10 nitrogen and oxygen atoms in total. The van der Waals surface area contributed by atoms with E-state index in [2.05, 4.69) is 16.2 Å². The van der Waals surface area contributed by atoms with E-state index in [1.807, 2.05) is 13.0 Å². The maximum Gasteiger partial charge on any atom is 0.317 e. The molecule has 0 unspecified atom stereocenters. The molecule has 35 heavy (non-hydrogen) atoms. The van der Waals surface area contributed by atoms with Crippen LogP contribution in [0.4, 0.5) is 0 Å². The molecule has 4 aromatic rings. The van der Waals surface area contributed by atoms with Gasteiger partial charge in [0.2, 0.25) is 0 Å². The van der Waals surface area contributed by atoms with Crippen molar-refractivity contribution in [3.63, 3.8) is 0 Å². The zero-order valence-corrected chi connectivity index (χ0v) is 20.0. The van der Waals surface area contributed by atoms with Gasteiger partial charge in [0, 0.05) is 53.6 Å². The molecule has 11 heteroatoms. The topological polar surface area (TPSA) is 141 Å². The molecule has 0 atom stereocenters. The van der Waals surface area contributed by atoms with Gasteiger partial charge in [0.1, 0.15) is 17.7 Å². The average molecular weight is 494 g/mol. The first-order chi connectivity index (χ1) is 16.6. The van der Waals surface area contributed by atoms with Crippen LogP contribution in [0.2, 0.25) is 0 Å². The van der Waals surface area contributed by atoms with Crippen molar-refractivity contribution >= 4 is 37.6 Å². The number of ether oxygens (including phenoxy) is 1. The van der Waals surface area contributed by atoms with Gasteiger partial charge in [0.25, 0.3) is 0 Å². The van der Waals surface area contributed by atoms with E-state index in [-0.39, 0.29) is 24.1 Å². The summed E-state index contributed by atoms with van der Waals surface area (Å²) in [5.41, 5.74) is 3.18. The number of sulfone groups is 1. The molecule has 2 N–H and O–H groups in total. The quantitative estimate of drug-likeness (QED) is 0.399. The third-order valence-corrected chi connectivity index (χ3v) is 7.36. The second-order valence-electron chi connectivity index (χ2n) is 8.85. The normalized spacial score (nSPS) is 14.8. The molecule has 2 aromatic carbocycles. The molecule has 0 radical (unpaired) electrons. The van der Waals surface area contributed by atoms with Crippen LogP contribution in [0.5, 0.6) is 5.75 Å². The third-order valence-electron chi connectivity index (χ3n) is 6.20. The summed E-state index contributed by atoms with van der Waals surface area (Å²) in [7, 11) is -3.49. The Morgan fingerprint density at radius 3 is 2.80 bits per heavy atom. The zero-order valence-electron chi connectivity index (χ0n) is 19.1. The molecule has 0 amide bonds. The van der Waals surface area contributed by atoms with Crippen molar-refractivity contribution in [1.29, 1.82) is 5.26 Å².